The van der Waals surface area contributed by atoms with E-state index in [0.717, 1.165) is 32.1 Å². The highest BCUT2D eigenvalue weighted by Crippen LogP contribution is 2.30. The molecule has 1 aromatic rings. The fourth-order valence-electron chi connectivity index (χ4n) is 4.84. The second-order valence-corrected chi connectivity index (χ2v) is 8.27. The number of benzene rings is 1. The van der Waals surface area contributed by atoms with Crippen LogP contribution in [0.25, 0.3) is 0 Å². The van der Waals surface area contributed by atoms with Crippen molar-refractivity contribution in [2.45, 2.75) is 44.6 Å². The number of nitrogens with zero attached hydrogens (tertiary/aromatic N) is 3. The molecule has 3 amide bonds. The molecule has 2 aliphatic heterocycles. The molecule has 0 spiro atoms. The molecule has 3 fully saturated rings. The largest absolute Gasteiger partial charge is 0.337 e. The van der Waals surface area contributed by atoms with E-state index >= 15 is 0 Å². The summed E-state index contributed by atoms with van der Waals surface area (Å²) in [6.07, 6.45) is 5.65. The highest BCUT2D eigenvalue weighted by atomic mass is 19.1. The van der Waals surface area contributed by atoms with Gasteiger partial charge >= 0.3 is 0 Å². The van der Waals surface area contributed by atoms with Crippen LogP contribution >= 0.6 is 0 Å². The van der Waals surface area contributed by atoms with E-state index < -0.39 is 5.82 Å². The van der Waals surface area contributed by atoms with Crippen LogP contribution < -0.4 is 0 Å². The lowest BCUT2D eigenvalue weighted by atomic mass is 10.1. The van der Waals surface area contributed by atoms with Crippen LogP contribution in [0.3, 0.4) is 0 Å². The van der Waals surface area contributed by atoms with Gasteiger partial charge in [0, 0.05) is 38.6 Å². The van der Waals surface area contributed by atoms with Gasteiger partial charge in [-0.3, -0.25) is 14.4 Å². The van der Waals surface area contributed by atoms with Crippen molar-refractivity contribution in [2.75, 3.05) is 32.7 Å². The van der Waals surface area contributed by atoms with Crippen LogP contribution in [0.1, 0.15) is 48.9 Å². The molecular weight excluding hydrogens is 373 g/mol. The molecule has 1 aliphatic carbocycles. The van der Waals surface area contributed by atoms with Crippen molar-refractivity contribution in [3.8, 4) is 0 Å². The summed E-state index contributed by atoms with van der Waals surface area (Å²) in [5.74, 6) is -0.644. The Kier molecular flexibility index (Phi) is 5.83. The summed E-state index contributed by atoms with van der Waals surface area (Å²) < 4.78 is 13.9. The first-order valence-electron chi connectivity index (χ1n) is 10.7. The third-order valence-corrected chi connectivity index (χ3v) is 6.51. The van der Waals surface area contributed by atoms with Gasteiger partial charge in [-0.2, -0.15) is 0 Å². The van der Waals surface area contributed by atoms with Crippen LogP contribution in [-0.4, -0.2) is 71.2 Å². The Balaban J connectivity index is 1.35. The standard InChI is InChI=1S/C22H28FN3O3/c23-18-9-4-3-8-17(18)21(28)24-12-14-25(15-13-24)22(29)19-10-5-11-26(19)20(27)16-6-1-2-7-16/h3-4,8-9,16,19H,1-2,5-7,10-15H2. The van der Waals surface area contributed by atoms with E-state index in [9.17, 15) is 18.8 Å². The predicted molar refractivity (Wildman–Crippen MR) is 106 cm³/mol. The van der Waals surface area contributed by atoms with Gasteiger partial charge in [0.2, 0.25) is 11.8 Å². The smallest absolute Gasteiger partial charge is 0.256 e. The van der Waals surface area contributed by atoms with E-state index in [1.165, 1.54) is 12.1 Å². The van der Waals surface area contributed by atoms with E-state index in [4.69, 9.17) is 0 Å². The Labute approximate surface area is 170 Å². The molecule has 6 nitrogen and oxygen atoms in total. The van der Waals surface area contributed by atoms with Gasteiger partial charge in [0.1, 0.15) is 11.9 Å². The van der Waals surface area contributed by atoms with Crippen molar-refractivity contribution < 1.29 is 18.8 Å². The Morgan fingerprint density at radius 1 is 0.793 bits per heavy atom. The van der Waals surface area contributed by atoms with Crippen LogP contribution in [0.5, 0.6) is 0 Å². The molecule has 4 rings (SSSR count). The van der Waals surface area contributed by atoms with Crippen molar-refractivity contribution in [1.29, 1.82) is 0 Å². The summed E-state index contributed by atoms with van der Waals surface area (Å²) >= 11 is 0. The van der Waals surface area contributed by atoms with Crippen LogP contribution in [0.15, 0.2) is 24.3 Å². The maximum atomic E-state index is 13.9. The second-order valence-electron chi connectivity index (χ2n) is 8.27. The molecule has 1 aromatic carbocycles. The summed E-state index contributed by atoms with van der Waals surface area (Å²) in [5, 5.41) is 0. The lowest BCUT2D eigenvalue weighted by molar-refractivity contribution is -0.146. The van der Waals surface area contributed by atoms with Gasteiger partial charge in [-0.05, 0) is 37.8 Å². The van der Waals surface area contributed by atoms with Crippen molar-refractivity contribution in [3.63, 3.8) is 0 Å². The first-order chi connectivity index (χ1) is 14.1. The third-order valence-electron chi connectivity index (χ3n) is 6.51. The molecule has 2 saturated heterocycles. The van der Waals surface area contributed by atoms with Crippen molar-refractivity contribution in [3.05, 3.63) is 35.6 Å². The zero-order chi connectivity index (χ0) is 20.4. The van der Waals surface area contributed by atoms with Gasteiger partial charge in [-0.15, -0.1) is 0 Å². The SMILES string of the molecule is O=C(c1ccccc1F)N1CCN(C(=O)C2CCCN2C(=O)C2CCCC2)CC1. The third kappa shape index (κ3) is 4.00. The van der Waals surface area contributed by atoms with Crippen molar-refractivity contribution >= 4 is 17.7 Å². The number of halogens is 1. The molecule has 1 saturated carbocycles. The van der Waals surface area contributed by atoms with E-state index in [1.807, 2.05) is 0 Å². The molecule has 29 heavy (non-hydrogen) atoms. The van der Waals surface area contributed by atoms with Crippen LogP contribution in [0.4, 0.5) is 4.39 Å². The highest BCUT2D eigenvalue weighted by Gasteiger charge is 2.40. The first kappa shape index (κ1) is 19.9. The molecule has 2 heterocycles. The number of carbonyl (C=O) groups is 3. The van der Waals surface area contributed by atoms with E-state index in [-0.39, 0.29) is 35.2 Å². The molecule has 0 bridgehead atoms. The summed E-state index contributed by atoms with van der Waals surface area (Å²) in [6.45, 7) is 2.25. The number of piperazine rings is 1. The minimum atomic E-state index is -0.525. The lowest BCUT2D eigenvalue weighted by Crippen LogP contribution is -2.55. The van der Waals surface area contributed by atoms with E-state index in [2.05, 4.69) is 0 Å². The molecule has 0 radical (unpaired) electrons. The monoisotopic (exact) mass is 401 g/mol. The van der Waals surface area contributed by atoms with Crippen LogP contribution in [0, 0.1) is 11.7 Å². The van der Waals surface area contributed by atoms with Gasteiger partial charge in [0.25, 0.3) is 5.91 Å². The Morgan fingerprint density at radius 3 is 2.14 bits per heavy atom. The second kappa shape index (κ2) is 8.51. The predicted octanol–water partition coefficient (Wildman–Crippen LogP) is 2.29. The fraction of sp³-hybridized carbons (Fsp3) is 0.591. The van der Waals surface area contributed by atoms with Crippen molar-refractivity contribution in [1.82, 2.24) is 14.7 Å². The van der Waals surface area contributed by atoms with Gasteiger partial charge in [-0.25, -0.2) is 4.39 Å². The molecule has 7 heteroatoms. The summed E-state index contributed by atoms with van der Waals surface area (Å²) in [6, 6.07) is 5.61. The molecule has 156 valence electrons. The number of carbonyl (C=O) groups excluding carboxylic acids is 3. The number of amides is 3. The quantitative estimate of drug-likeness (QED) is 0.781. The molecular formula is C22H28FN3O3. The number of hydrogen-bond acceptors (Lipinski definition) is 3. The number of hydrogen-bond donors (Lipinski definition) is 0. The summed E-state index contributed by atoms with van der Waals surface area (Å²) in [5.41, 5.74) is 0.0661. The summed E-state index contributed by atoms with van der Waals surface area (Å²) in [7, 11) is 0. The average Bonchev–Trinajstić information content (AvgIpc) is 3.45. The van der Waals surface area contributed by atoms with E-state index in [0.29, 0.717) is 39.1 Å². The zero-order valence-corrected chi connectivity index (χ0v) is 16.7. The average molecular weight is 401 g/mol. The molecule has 3 aliphatic rings. The number of likely N-dealkylation sites (tertiary alicyclic amines) is 1. The normalized spacial score (nSPS) is 22.9. The van der Waals surface area contributed by atoms with Crippen molar-refractivity contribution in [2.24, 2.45) is 5.92 Å². The molecule has 1 atom stereocenters. The minimum Gasteiger partial charge on any atom is -0.337 e. The van der Waals surface area contributed by atoms with Gasteiger partial charge in [-0.1, -0.05) is 25.0 Å². The minimum absolute atomic E-state index is 0.00756. The molecule has 1 unspecified atom stereocenters. The Hall–Kier alpha value is -2.44. The molecule has 0 N–H and O–H groups in total. The topological polar surface area (TPSA) is 60.9 Å². The van der Waals surface area contributed by atoms with Gasteiger partial charge < -0.3 is 14.7 Å². The maximum absolute atomic E-state index is 13.9. The highest BCUT2D eigenvalue weighted by molar-refractivity contribution is 5.95. The summed E-state index contributed by atoms with van der Waals surface area (Å²) in [4.78, 5) is 43.7. The van der Waals surface area contributed by atoms with Gasteiger partial charge in [0.05, 0.1) is 5.56 Å². The zero-order valence-electron chi connectivity index (χ0n) is 16.7. The Morgan fingerprint density at radius 2 is 1.45 bits per heavy atom. The first-order valence-corrected chi connectivity index (χ1v) is 10.7. The Bertz CT molecular complexity index is 785. The van der Waals surface area contributed by atoms with Gasteiger partial charge in [0.15, 0.2) is 0 Å². The van der Waals surface area contributed by atoms with Crippen LogP contribution in [-0.2, 0) is 9.59 Å². The van der Waals surface area contributed by atoms with Crippen LogP contribution in [0.2, 0.25) is 0 Å². The fourth-order valence-corrected chi connectivity index (χ4v) is 4.84. The molecule has 0 aromatic heterocycles. The number of rotatable bonds is 3. The van der Waals surface area contributed by atoms with E-state index in [1.54, 1.807) is 26.8 Å². The maximum Gasteiger partial charge on any atom is 0.256 e. The lowest BCUT2D eigenvalue weighted by Gasteiger charge is -2.37.